The lowest BCUT2D eigenvalue weighted by atomic mass is 10.2. The molecule has 0 aromatic heterocycles. The van der Waals surface area contributed by atoms with E-state index >= 15 is 0 Å². The predicted octanol–water partition coefficient (Wildman–Crippen LogP) is -2.79. The largest absolute Gasteiger partial charge is 0.351 e. The van der Waals surface area contributed by atoms with Gasteiger partial charge in [0.15, 0.2) is 0 Å². The topological polar surface area (TPSA) is 108 Å². The highest BCUT2D eigenvalue weighted by atomic mass is 32.2. The maximum absolute atomic E-state index is 11.4. The standard InChI is InChI=1S/C9H17N5O3S/c10-9(15)14-4-2-11-5-7(14)13-3-1-12-6-8(13)18(16)17/h7,11-12H,1-6H2,(H2,10,15). The Morgan fingerprint density at radius 1 is 1.28 bits per heavy atom. The molecule has 0 aromatic carbocycles. The van der Waals surface area contributed by atoms with Crippen molar-refractivity contribution < 1.29 is 13.2 Å². The Hall–Kier alpha value is -1.16. The molecule has 2 heterocycles. The van der Waals surface area contributed by atoms with Gasteiger partial charge in [-0.3, -0.25) is 0 Å². The van der Waals surface area contributed by atoms with E-state index in [9.17, 15) is 13.2 Å². The van der Waals surface area contributed by atoms with Gasteiger partial charge in [0.1, 0.15) is 11.2 Å². The fourth-order valence-corrected chi connectivity index (χ4v) is 2.94. The van der Waals surface area contributed by atoms with Crippen molar-refractivity contribution in [3.05, 3.63) is 0 Å². The Morgan fingerprint density at radius 2 is 2.00 bits per heavy atom. The second kappa shape index (κ2) is 5.65. The fraction of sp³-hybridized carbons (Fsp3) is 0.778. The number of nitrogens with one attached hydrogen (secondary N) is 2. The zero-order chi connectivity index (χ0) is 13.1. The molecule has 0 aromatic rings. The van der Waals surface area contributed by atoms with Gasteiger partial charge in [-0.1, -0.05) is 0 Å². The Morgan fingerprint density at radius 3 is 2.67 bits per heavy atom. The average molecular weight is 275 g/mol. The first kappa shape index (κ1) is 13.3. The molecule has 2 saturated heterocycles. The zero-order valence-corrected chi connectivity index (χ0v) is 10.7. The van der Waals surface area contributed by atoms with Crippen LogP contribution < -0.4 is 16.4 Å². The van der Waals surface area contributed by atoms with Crippen molar-refractivity contribution in [2.24, 2.45) is 5.73 Å². The molecule has 9 heteroatoms. The number of carbonyl (C=O) groups excluding carboxylic acids is 1. The van der Waals surface area contributed by atoms with E-state index in [1.807, 2.05) is 0 Å². The van der Waals surface area contributed by atoms with Crippen LogP contribution in [0, 0.1) is 0 Å². The van der Waals surface area contributed by atoms with Gasteiger partial charge in [-0.15, -0.1) is 0 Å². The van der Waals surface area contributed by atoms with E-state index in [0.29, 0.717) is 39.3 Å². The summed E-state index contributed by atoms with van der Waals surface area (Å²) in [6.07, 6.45) is -0.328. The molecule has 0 saturated carbocycles. The molecular formula is C9H17N5O3S. The Kier molecular flexibility index (Phi) is 4.17. The second-order valence-electron chi connectivity index (χ2n) is 4.21. The lowest BCUT2D eigenvalue weighted by Crippen LogP contribution is -2.66. The van der Waals surface area contributed by atoms with Gasteiger partial charge in [-0.25, -0.2) is 9.69 Å². The van der Waals surface area contributed by atoms with Crippen LogP contribution in [0.5, 0.6) is 0 Å². The summed E-state index contributed by atoms with van der Waals surface area (Å²) in [5.41, 5.74) is 5.34. The molecule has 1 atom stereocenters. The maximum Gasteiger partial charge on any atom is 0.316 e. The molecular weight excluding hydrogens is 258 g/mol. The van der Waals surface area contributed by atoms with E-state index in [1.54, 1.807) is 4.90 Å². The molecule has 0 aliphatic carbocycles. The molecule has 0 radical (unpaired) electrons. The number of nitrogens with two attached hydrogens (primary N) is 1. The SMILES string of the molecule is NC(=O)N1CCNCC1N1CCNCC1=S(=O)=O. The van der Waals surface area contributed by atoms with Gasteiger partial charge >= 0.3 is 6.03 Å². The summed E-state index contributed by atoms with van der Waals surface area (Å²) >= 11 is 0. The van der Waals surface area contributed by atoms with Crippen molar-refractivity contribution in [2.75, 3.05) is 39.3 Å². The van der Waals surface area contributed by atoms with Crippen LogP contribution in [-0.4, -0.2) is 74.7 Å². The second-order valence-corrected chi connectivity index (χ2v) is 5.16. The van der Waals surface area contributed by atoms with E-state index < -0.39 is 16.3 Å². The molecule has 0 spiro atoms. The highest BCUT2D eigenvalue weighted by molar-refractivity contribution is 7.72. The zero-order valence-electron chi connectivity index (χ0n) is 9.92. The van der Waals surface area contributed by atoms with Gasteiger partial charge in [0, 0.05) is 39.3 Å². The number of hydrogen-bond acceptors (Lipinski definition) is 5. The normalized spacial score (nSPS) is 26.1. The quantitative estimate of drug-likeness (QED) is 0.447. The minimum Gasteiger partial charge on any atom is -0.351 e. The summed E-state index contributed by atoms with van der Waals surface area (Å²) in [4.78, 5) is 14.9. The van der Waals surface area contributed by atoms with Gasteiger partial charge in [0.2, 0.25) is 10.3 Å². The van der Waals surface area contributed by atoms with Gasteiger partial charge in [0.25, 0.3) is 0 Å². The highest BCUT2D eigenvalue weighted by Gasteiger charge is 2.34. The van der Waals surface area contributed by atoms with Crippen LogP contribution in [-0.2, 0) is 10.3 Å². The molecule has 4 N–H and O–H groups in total. The predicted molar refractivity (Wildman–Crippen MR) is 66.4 cm³/mol. The van der Waals surface area contributed by atoms with Crippen LogP contribution >= 0.6 is 0 Å². The first-order chi connectivity index (χ1) is 8.61. The van der Waals surface area contributed by atoms with E-state index in [-0.39, 0.29) is 11.2 Å². The number of hydrogen-bond donors (Lipinski definition) is 3. The number of urea groups is 1. The van der Waals surface area contributed by atoms with E-state index in [4.69, 9.17) is 5.73 Å². The van der Waals surface area contributed by atoms with Crippen LogP contribution in [0.15, 0.2) is 0 Å². The summed E-state index contributed by atoms with van der Waals surface area (Å²) in [6.45, 7) is 3.19. The monoisotopic (exact) mass is 275 g/mol. The van der Waals surface area contributed by atoms with Crippen molar-refractivity contribution in [3.8, 4) is 0 Å². The lowest BCUT2D eigenvalue weighted by molar-refractivity contribution is 0.0931. The van der Waals surface area contributed by atoms with Crippen molar-refractivity contribution in [3.63, 3.8) is 0 Å². The van der Waals surface area contributed by atoms with E-state index in [1.165, 1.54) is 4.90 Å². The highest BCUT2D eigenvalue weighted by Crippen LogP contribution is 2.11. The van der Waals surface area contributed by atoms with Gasteiger partial charge in [-0.2, -0.15) is 8.42 Å². The third-order valence-corrected chi connectivity index (χ3v) is 3.94. The average Bonchev–Trinajstić information content (AvgIpc) is 2.38. The molecule has 2 amide bonds. The molecule has 8 nitrogen and oxygen atoms in total. The summed E-state index contributed by atoms with van der Waals surface area (Å²) in [5, 5.41) is 6.15. The molecule has 0 bridgehead atoms. The molecule has 2 aliphatic rings. The molecule has 102 valence electrons. The van der Waals surface area contributed by atoms with Crippen molar-refractivity contribution in [1.29, 1.82) is 0 Å². The minimum absolute atomic E-state index is 0.279. The number of carbonyl (C=O) groups is 1. The number of amides is 2. The van der Waals surface area contributed by atoms with Gasteiger partial charge < -0.3 is 21.3 Å². The Bertz CT molecular complexity index is 455. The third-order valence-electron chi connectivity index (χ3n) is 3.18. The lowest BCUT2D eigenvalue weighted by Gasteiger charge is -2.43. The third kappa shape index (κ3) is 2.64. The maximum atomic E-state index is 11.4. The summed E-state index contributed by atoms with van der Waals surface area (Å²) in [5.74, 6) is 0. The summed E-state index contributed by atoms with van der Waals surface area (Å²) in [7, 11) is -2.29. The molecule has 2 rings (SSSR count). The van der Waals surface area contributed by atoms with Crippen LogP contribution in [0.4, 0.5) is 4.79 Å². The first-order valence-electron chi connectivity index (χ1n) is 5.80. The number of rotatable bonds is 1. The van der Waals surface area contributed by atoms with Gasteiger partial charge in [0.05, 0.1) is 0 Å². The van der Waals surface area contributed by atoms with E-state index in [0.717, 1.165) is 0 Å². The van der Waals surface area contributed by atoms with Crippen LogP contribution in [0.1, 0.15) is 0 Å². The molecule has 18 heavy (non-hydrogen) atoms. The Balaban J connectivity index is 2.26. The number of nitrogens with zero attached hydrogens (tertiary/aromatic N) is 2. The summed E-state index contributed by atoms with van der Waals surface area (Å²) < 4.78 is 22.4. The van der Waals surface area contributed by atoms with Crippen LogP contribution in [0.25, 0.3) is 0 Å². The fourth-order valence-electron chi connectivity index (χ4n) is 2.32. The molecule has 2 aliphatic heterocycles. The van der Waals surface area contributed by atoms with Crippen LogP contribution in [0.3, 0.4) is 0 Å². The first-order valence-corrected chi connectivity index (χ1v) is 6.88. The molecule has 1 unspecified atom stereocenters. The van der Waals surface area contributed by atoms with Gasteiger partial charge in [-0.05, 0) is 0 Å². The van der Waals surface area contributed by atoms with Crippen molar-refractivity contribution >= 4 is 21.3 Å². The molecule has 2 fully saturated rings. The minimum atomic E-state index is -2.29. The van der Waals surface area contributed by atoms with E-state index in [2.05, 4.69) is 10.6 Å². The number of primary amides is 1. The number of piperazine rings is 2. The van der Waals surface area contributed by atoms with Crippen molar-refractivity contribution in [1.82, 2.24) is 20.4 Å². The summed E-state index contributed by atoms with van der Waals surface area (Å²) in [6, 6.07) is -0.518. The van der Waals surface area contributed by atoms with Crippen molar-refractivity contribution in [2.45, 2.75) is 6.17 Å². The smallest absolute Gasteiger partial charge is 0.316 e. The Labute approximate surface area is 107 Å². The van der Waals surface area contributed by atoms with Crippen LogP contribution in [0.2, 0.25) is 0 Å².